The first-order valence-electron chi connectivity index (χ1n) is 10.4. The third kappa shape index (κ3) is 3.51. The van der Waals surface area contributed by atoms with Gasteiger partial charge in [-0.1, -0.05) is 5.16 Å². The first kappa shape index (κ1) is 20.6. The van der Waals surface area contributed by atoms with Gasteiger partial charge in [-0.2, -0.15) is 5.10 Å². The summed E-state index contributed by atoms with van der Waals surface area (Å²) in [6.45, 7) is 8.98. The molecule has 9 heteroatoms. The molecule has 162 valence electrons. The van der Waals surface area contributed by atoms with Crippen molar-refractivity contribution < 1.29 is 18.8 Å². The van der Waals surface area contributed by atoms with E-state index in [9.17, 15) is 9.59 Å². The number of nitrogens with zero attached hydrogens (tertiary/aromatic N) is 4. The number of likely N-dealkylation sites (tertiary alicyclic amines) is 1. The molecule has 1 N–H and O–H groups in total. The summed E-state index contributed by atoms with van der Waals surface area (Å²) in [4.78, 5) is 27.3. The van der Waals surface area contributed by atoms with Crippen molar-refractivity contribution in [3.05, 3.63) is 34.0 Å². The largest absolute Gasteiger partial charge is 0.370 e. The van der Waals surface area contributed by atoms with Crippen LogP contribution >= 0.6 is 0 Å². The molecule has 0 radical (unpaired) electrons. The van der Waals surface area contributed by atoms with Crippen LogP contribution in [0.4, 0.5) is 0 Å². The molecular formula is C21H29N5O4. The SMILES string of the molecule is Cc1noc(C)c1C(=O)N1CCC2(CC1)Cc1c(c(C(=O)NC(C)C)nn1C)CO2. The number of carbonyl (C=O) groups is 2. The van der Waals surface area contributed by atoms with Crippen molar-refractivity contribution in [2.45, 2.75) is 65.2 Å². The van der Waals surface area contributed by atoms with Gasteiger partial charge in [0.25, 0.3) is 11.8 Å². The van der Waals surface area contributed by atoms with Gasteiger partial charge in [0, 0.05) is 43.9 Å². The Morgan fingerprint density at radius 3 is 2.50 bits per heavy atom. The summed E-state index contributed by atoms with van der Waals surface area (Å²) in [5.41, 5.74) is 3.21. The van der Waals surface area contributed by atoms with Crippen LogP contribution in [0.15, 0.2) is 4.52 Å². The minimum absolute atomic E-state index is 0.0363. The van der Waals surface area contributed by atoms with Crippen molar-refractivity contribution >= 4 is 11.8 Å². The van der Waals surface area contributed by atoms with E-state index in [-0.39, 0.29) is 23.5 Å². The molecular weight excluding hydrogens is 386 g/mol. The van der Waals surface area contributed by atoms with E-state index in [1.807, 2.05) is 25.8 Å². The zero-order valence-corrected chi connectivity index (χ0v) is 18.2. The van der Waals surface area contributed by atoms with Crippen molar-refractivity contribution in [3.8, 4) is 0 Å². The Bertz CT molecular complexity index is 962. The molecule has 0 aliphatic carbocycles. The number of hydrogen-bond donors (Lipinski definition) is 1. The zero-order chi connectivity index (χ0) is 21.6. The molecule has 0 saturated carbocycles. The number of rotatable bonds is 3. The maximum Gasteiger partial charge on any atom is 0.272 e. The first-order chi connectivity index (χ1) is 14.2. The van der Waals surface area contributed by atoms with Gasteiger partial charge < -0.3 is 19.5 Å². The highest BCUT2D eigenvalue weighted by atomic mass is 16.5. The highest BCUT2D eigenvalue weighted by Gasteiger charge is 2.43. The van der Waals surface area contributed by atoms with Gasteiger partial charge in [-0.15, -0.1) is 0 Å². The van der Waals surface area contributed by atoms with Gasteiger partial charge in [0.05, 0.1) is 17.9 Å². The molecule has 4 rings (SSSR count). The molecule has 2 aliphatic heterocycles. The molecule has 2 aliphatic rings. The van der Waals surface area contributed by atoms with Crippen molar-refractivity contribution in [2.75, 3.05) is 13.1 Å². The number of hydrogen-bond acceptors (Lipinski definition) is 6. The zero-order valence-electron chi connectivity index (χ0n) is 18.2. The Hall–Kier alpha value is -2.68. The summed E-state index contributed by atoms with van der Waals surface area (Å²) in [5.74, 6) is 0.352. The van der Waals surface area contributed by atoms with Crippen LogP contribution < -0.4 is 5.32 Å². The number of piperidine rings is 1. The van der Waals surface area contributed by atoms with Crippen LogP contribution in [-0.4, -0.2) is 56.4 Å². The third-order valence-electron chi connectivity index (χ3n) is 6.13. The van der Waals surface area contributed by atoms with E-state index in [4.69, 9.17) is 9.26 Å². The lowest BCUT2D eigenvalue weighted by Gasteiger charge is -2.43. The second-order valence-electron chi connectivity index (χ2n) is 8.67. The molecule has 2 aromatic heterocycles. The normalized spacial score (nSPS) is 18.0. The second-order valence-corrected chi connectivity index (χ2v) is 8.67. The number of nitrogens with one attached hydrogen (secondary N) is 1. The lowest BCUT2D eigenvalue weighted by atomic mass is 9.83. The molecule has 1 spiro atoms. The van der Waals surface area contributed by atoms with E-state index in [2.05, 4.69) is 15.6 Å². The molecule has 4 heterocycles. The van der Waals surface area contributed by atoms with E-state index >= 15 is 0 Å². The van der Waals surface area contributed by atoms with E-state index in [0.29, 0.717) is 48.8 Å². The Kier molecular flexibility index (Phi) is 5.17. The number of aryl methyl sites for hydroxylation is 3. The Labute approximate surface area is 175 Å². The van der Waals surface area contributed by atoms with E-state index in [1.54, 1.807) is 18.5 Å². The molecule has 0 bridgehead atoms. The number of aromatic nitrogens is 3. The average molecular weight is 415 g/mol. The monoisotopic (exact) mass is 415 g/mol. The molecule has 0 atom stereocenters. The van der Waals surface area contributed by atoms with Gasteiger partial charge in [0.15, 0.2) is 5.69 Å². The topological polar surface area (TPSA) is 102 Å². The highest BCUT2D eigenvalue weighted by Crippen LogP contribution is 2.37. The van der Waals surface area contributed by atoms with Gasteiger partial charge in [0.2, 0.25) is 0 Å². The summed E-state index contributed by atoms with van der Waals surface area (Å²) >= 11 is 0. The van der Waals surface area contributed by atoms with Crippen LogP contribution in [0.1, 0.15) is 70.2 Å². The van der Waals surface area contributed by atoms with Crippen LogP contribution in [0.3, 0.4) is 0 Å². The number of ether oxygens (including phenoxy) is 1. The molecule has 30 heavy (non-hydrogen) atoms. The number of amides is 2. The molecule has 1 saturated heterocycles. The smallest absolute Gasteiger partial charge is 0.272 e. The van der Waals surface area contributed by atoms with Crippen molar-refractivity contribution in [3.63, 3.8) is 0 Å². The standard InChI is InChI=1S/C21H29N5O4/c1-12(2)22-19(27)18-15-11-29-21(10-16(15)25(5)23-18)6-8-26(9-7-21)20(28)17-13(3)24-30-14(17)4/h12H,6-11H2,1-5H3,(H,22,27). The van der Waals surface area contributed by atoms with Crippen LogP contribution in [0.5, 0.6) is 0 Å². The molecule has 0 unspecified atom stereocenters. The Balaban J connectivity index is 1.47. The third-order valence-corrected chi connectivity index (χ3v) is 6.13. The van der Waals surface area contributed by atoms with Crippen LogP contribution in [-0.2, 0) is 24.8 Å². The number of fused-ring (bicyclic) bond motifs is 1. The maximum atomic E-state index is 12.9. The highest BCUT2D eigenvalue weighted by molar-refractivity contribution is 5.96. The fourth-order valence-corrected chi connectivity index (χ4v) is 4.45. The van der Waals surface area contributed by atoms with Gasteiger partial charge in [-0.3, -0.25) is 14.3 Å². The van der Waals surface area contributed by atoms with Crippen LogP contribution in [0.2, 0.25) is 0 Å². The summed E-state index contributed by atoms with van der Waals surface area (Å²) in [7, 11) is 1.88. The maximum absolute atomic E-state index is 12.9. The first-order valence-corrected chi connectivity index (χ1v) is 10.4. The van der Waals surface area contributed by atoms with Crippen molar-refractivity contribution in [1.29, 1.82) is 0 Å². The summed E-state index contributed by atoms with van der Waals surface area (Å²) in [6.07, 6.45) is 2.16. The van der Waals surface area contributed by atoms with Crippen LogP contribution in [0, 0.1) is 13.8 Å². The second kappa shape index (κ2) is 7.54. The lowest BCUT2D eigenvalue weighted by Crippen LogP contribution is -2.51. The van der Waals surface area contributed by atoms with Gasteiger partial charge >= 0.3 is 0 Å². The lowest BCUT2D eigenvalue weighted by molar-refractivity contribution is -0.0990. The van der Waals surface area contributed by atoms with Crippen molar-refractivity contribution in [1.82, 2.24) is 25.2 Å². The molecule has 0 aromatic carbocycles. The Morgan fingerprint density at radius 2 is 1.90 bits per heavy atom. The van der Waals surface area contributed by atoms with Gasteiger partial charge in [0.1, 0.15) is 11.3 Å². The number of carbonyl (C=O) groups excluding carboxylic acids is 2. The average Bonchev–Trinajstić information content (AvgIpc) is 3.20. The summed E-state index contributed by atoms with van der Waals surface area (Å²) < 4.78 is 13.3. The quantitative estimate of drug-likeness (QED) is 0.822. The van der Waals surface area contributed by atoms with E-state index < -0.39 is 0 Å². The van der Waals surface area contributed by atoms with Crippen molar-refractivity contribution in [2.24, 2.45) is 7.05 Å². The minimum atomic E-state index is -0.331. The van der Waals surface area contributed by atoms with Crippen LogP contribution in [0.25, 0.3) is 0 Å². The predicted molar refractivity (Wildman–Crippen MR) is 108 cm³/mol. The van der Waals surface area contributed by atoms with E-state index in [1.165, 1.54) is 0 Å². The predicted octanol–water partition coefficient (Wildman–Crippen LogP) is 1.91. The molecule has 2 aromatic rings. The van der Waals surface area contributed by atoms with Gasteiger partial charge in [-0.25, -0.2) is 0 Å². The summed E-state index contributed by atoms with van der Waals surface area (Å²) in [5, 5.41) is 11.3. The fraction of sp³-hybridized carbons (Fsp3) is 0.619. The minimum Gasteiger partial charge on any atom is -0.370 e. The molecule has 2 amide bonds. The fourth-order valence-electron chi connectivity index (χ4n) is 4.45. The molecule has 1 fully saturated rings. The molecule has 9 nitrogen and oxygen atoms in total. The van der Waals surface area contributed by atoms with Gasteiger partial charge in [-0.05, 0) is 40.5 Å². The van der Waals surface area contributed by atoms with E-state index in [0.717, 1.165) is 24.1 Å². The Morgan fingerprint density at radius 1 is 1.20 bits per heavy atom. The summed E-state index contributed by atoms with van der Waals surface area (Å²) in [6, 6.07) is 0.0468.